The third kappa shape index (κ3) is 5.49. The van der Waals surface area contributed by atoms with Crippen molar-refractivity contribution in [2.24, 2.45) is 0 Å². The van der Waals surface area contributed by atoms with Gasteiger partial charge in [-0.25, -0.2) is 4.98 Å². The molecule has 0 fully saturated rings. The van der Waals surface area contributed by atoms with Crippen LogP contribution < -0.4 is 19.5 Å². The number of imidazole rings is 1. The molecule has 0 unspecified atom stereocenters. The lowest BCUT2D eigenvalue weighted by Crippen LogP contribution is -2.24. The summed E-state index contributed by atoms with van der Waals surface area (Å²) >= 11 is 0. The van der Waals surface area contributed by atoms with Gasteiger partial charge >= 0.3 is 0 Å². The predicted octanol–water partition coefficient (Wildman–Crippen LogP) is 4.84. The zero-order valence-corrected chi connectivity index (χ0v) is 19.5. The molecule has 0 aliphatic rings. The van der Waals surface area contributed by atoms with Gasteiger partial charge in [0.05, 0.1) is 38.4 Å². The number of nitrogens with one attached hydrogen (secondary N) is 1. The zero-order chi connectivity index (χ0) is 23.8. The third-order valence-electron chi connectivity index (χ3n) is 5.58. The number of aromatic nitrogens is 2. The van der Waals surface area contributed by atoms with E-state index >= 15 is 0 Å². The number of nitrogens with zero attached hydrogens (tertiary/aromatic N) is 2. The van der Waals surface area contributed by atoms with Crippen LogP contribution in [0.3, 0.4) is 0 Å². The van der Waals surface area contributed by atoms with Gasteiger partial charge in [-0.05, 0) is 55.3 Å². The van der Waals surface area contributed by atoms with E-state index in [-0.39, 0.29) is 5.91 Å². The summed E-state index contributed by atoms with van der Waals surface area (Å²) in [5, 5.41) is 2.99. The van der Waals surface area contributed by atoms with Gasteiger partial charge < -0.3 is 24.1 Å². The minimum Gasteiger partial charge on any atom is -0.497 e. The molecule has 0 aliphatic heterocycles. The number of hydrogen-bond acceptors (Lipinski definition) is 5. The summed E-state index contributed by atoms with van der Waals surface area (Å²) in [6, 6.07) is 22.8. The number of para-hydroxylation sites is 4. The van der Waals surface area contributed by atoms with E-state index in [4.69, 9.17) is 19.2 Å². The molecule has 0 radical (unpaired) electrons. The SMILES string of the molecule is COc1cccc(C(=O)NCc2nc3ccccc3n2CCCCOc2ccccc2OC)c1. The lowest BCUT2D eigenvalue weighted by atomic mass is 10.2. The Kier molecular flexibility index (Phi) is 7.65. The van der Waals surface area contributed by atoms with E-state index in [9.17, 15) is 4.79 Å². The summed E-state index contributed by atoms with van der Waals surface area (Å²) < 4.78 is 18.6. The number of rotatable bonds is 11. The highest BCUT2D eigenvalue weighted by Gasteiger charge is 2.13. The molecule has 4 rings (SSSR count). The van der Waals surface area contributed by atoms with Gasteiger partial charge in [0.2, 0.25) is 0 Å². The summed E-state index contributed by atoms with van der Waals surface area (Å²) in [5.41, 5.74) is 2.52. The number of carbonyl (C=O) groups is 1. The van der Waals surface area contributed by atoms with Crippen LogP contribution in [0.15, 0.2) is 72.8 Å². The molecule has 3 aromatic carbocycles. The Balaban J connectivity index is 1.38. The number of hydrogen-bond donors (Lipinski definition) is 1. The van der Waals surface area contributed by atoms with Crippen LogP contribution in [0, 0.1) is 0 Å². The Bertz CT molecular complexity index is 1250. The number of methoxy groups -OCH3 is 2. The van der Waals surface area contributed by atoms with Gasteiger partial charge in [0.1, 0.15) is 11.6 Å². The van der Waals surface area contributed by atoms with Crippen LogP contribution in [0.2, 0.25) is 0 Å². The molecular weight excluding hydrogens is 430 g/mol. The normalized spacial score (nSPS) is 10.8. The molecule has 1 aromatic heterocycles. The van der Waals surface area contributed by atoms with Gasteiger partial charge in [0, 0.05) is 12.1 Å². The smallest absolute Gasteiger partial charge is 0.251 e. The van der Waals surface area contributed by atoms with Crippen molar-refractivity contribution in [2.75, 3.05) is 20.8 Å². The molecule has 0 saturated carbocycles. The highest BCUT2D eigenvalue weighted by molar-refractivity contribution is 5.94. The van der Waals surface area contributed by atoms with E-state index in [2.05, 4.69) is 16.0 Å². The van der Waals surface area contributed by atoms with Gasteiger partial charge in [-0.3, -0.25) is 4.79 Å². The fraction of sp³-hybridized carbons (Fsp3) is 0.259. The molecule has 0 bridgehead atoms. The average Bonchev–Trinajstić information content (AvgIpc) is 3.24. The molecule has 1 heterocycles. The van der Waals surface area contributed by atoms with Crippen molar-refractivity contribution in [1.29, 1.82) is 0 Å². The largest absolute Gasteiger partial charge is 0.497 e. The van der Waals surface area contributed by atoms with Crippen molar-refractivity contribution in [3.8, 4) is 17.2 Å². The molecule has 4 aromatic rings. The summed E-state index contributed by atoms with van der Waals surface area (Å²) in [4.78, 5) is 17.4. The Morgan fingerprint density at radius 2 is 1.71 bits per heavy atom. The molecule has 7 heteroatoms. The third-order valence-corrected chi connectivity index (χ3v) is 5.58. The van der Waals surface area contributed by atoms with E-state index in [1.54, 1.807) is 32.4 Å². The zero-order valence-electron chi connectivity index (χ0n) is 19.5. The van der Waals surface area contributed by atoms with Crippen LogP contribution in [0.4, 0.5) is 0 Å². The van der Waals surface area contributed by atoms with Crippen molar-refractivity contribution >= 4 is 16.9 Å². The molecule has 1 amide bonds. The first-order chi connectivity index (χ1) is 16.7. The molecular formula is C27H29N3O4. The highest BCUT2D eigenvalue weighted by atomic mass is 16.5. The second-order valence-electron chi connectivity index (χ2n) is 7.79. The summed E-state index contributed by atoms with van der Waals surface area (Å²) in [6.07, 6.45) is 1.78. The summed E-state index contributed by atoms with van der Waals surface area (Å²) in [7, 11) is 3.22. The van der Waals surface area contributed by atoms with Crippen LogP contribution in [0.25, 0.3) is 11.0 Å². The van der Waals surface area contributed by atoms with Crippen LogP contribution in [-0.2, 0) is 13.1 Å². The molecule has 7 nitrogen and oxygen atoms in total. The molecule has 176 valence electrons. The average molecular weight is 460 g/mol. The minimum atomic E-state index is -0.164. The van der Waals surface area contributed by atoms with Gasteiger partial charge in [-0.2, -0.15) is 0 Å². The van der Waals surface area contributed by atoms with Crippen LogP contribution in [0.1, 0.15) is 29.0 Å². The molecule has 0 atom stereocenters. The van der Waals surface area contributed by atoms with Crippen LogP contribution in [-0.4, -0.2) is 36.3 Å². The fourth-order valence-electron chi connectivity index (χ4n) is 3.83. The predicted molar refractivity (Wildman–Crippen MR) is 132 cm³/mol. The number of benzene rings is 3. The van der Waals surface area contributed by atoms with Gasteiger partial charge in [-0.1, -0.05) is 30.3 Å². The topological polar surface area (TPSA) is 74.6 Å². The van der Waals surface area contributed by atoms with Crippen molar-refractivity contribution in [1.82, 2.24) is 14.9 Å². The molecule has 0 aliphatic carbocycles. The standard InChI is InChI=1S/C27H29N3O4/c1-32-21-11-9-10-20(18-21)27(31)28-19-26-29-22-12-3-4-13-23(22)30(26)16-7-8-17-34-25-15-6-5-14-24(25)33-2/h3-6,9-15,18H,7-8,16-17,19H2,1-2H3,(H,28,31). The van der Waals surface area contributed by atoms with E-state index in [0.717, 1.165) is 47.7 Å². The van der Waals surface area contributed by atoms with E-state index in [0.29, 0.717) is 24.5 Å². The van der Waals surface area contributed by atoms with Crippen molar-refractivity contribution in [3.63, 3.8) is 0 Å². The van der Waals surface area contributed by atoms with Gasteiger partial charge in [-0.15, -0.1) is 0 Å². The minimum absolute atomic E-state index is 0.164. The maximum atomic E-state index is 12.7. The van der Waals surface area contributed by atoms with E-state index < -0.39 is 0 Å². The lowest BCUT2D eigenvalue weighted by Gasteiger charge is -2.12. The number of fused-ring (bicyclic) bond motifs is 1. The molecule has 1 N–H and O–H groups in total. The van der Waals surface area contributed by atoms with Crippen LogP contribution >= 0.6 is 0 Å². The Hall–Kier alpha value is -4.00. The van der Waals surface area contributed by atoms with Gasteiger partial charge in [0.25, 0.3) is 5.91 Å². The molecule has 0 spiro atoms. The van der Waals surface area contributed by atoms with Crippen molar-refractivity contribution in [2.45, 2.75) is 25.9 Å². The Morgan fingerprint density at radius 1 is 0.912 bits per heavy atom. The number of unbranched alkanes of at least 4 members (excludes halogenated alkanes) is 1. The lowest BCUT2D eigenvalue weighted by molar-refractivity contribution is 0.0949. The fourth-order valence-corrected chi connectivity index (χ4v) is 3.83. The number of aryl methyl sites for hydroxylation is 1. The Labute approximate surface area is 199 Å². The maximum absolute atomic E-state index is 12.7. The van der Waals surface area contributed by atoms with E-state index in [1.807, 2.05) is 48.5 Å². The quantitative estimate of drug-likeness (QED) is 0.325. The second-order valence-corrected chi connectivity index (χ2v) is 7.79. The monoisotopic (exact) mass is 459 g/mol. The number of carbonyl (C=O) groups excluding carboxylic acids is 1. The summed E-state index contributed by atoms with van der Waals surface area (Å²) in [5.74, 6) is 2.79. The first-order valence-corrected chi connectivity index (χ1v) is 11.3. The first kappa shape index (κ1) is 23.2. The molecule has 0 saturated heterocycles. The van der Waals surface area contributed by atoms with Gasteiger partial charge in [0.15, 0.2) is 11.5 Å². The molecule has 34 heavy (non-hydrogen) atoms. The second kappa shape index (κ2) is 11.2. The van der Waals surface area contributed by atoms with Crippen molar-refractivity contribution < 1.29 is 19.0 Å². The van der Waals surface area contributed by atoms with Crippen molar-refractivity contribution in [3.05, 3.63) is 84.2 Å². The number of amides is 1. The van der Waals surface area contributed by atoms with Crippen LogP contribution in [0.5, 0.6) is 17.2 Å². The first-order valence-electron chi connectivity index (χ1n) is 11.3. The van der Waals surface area contributed by atoms with E-state index in [1.165, 1.54) is 0 Å². The maximum Gasteiger partial charge on any atom is 0.251 e. The summed E-state index contributed by atoms with van der Waals surface area (Å²) in [6.45, 7) is 1.71. The number of ether oxygens (including phenoxy) is 3. The Morgan fingerprint density at radius 3 is 2.53 bits per heavy atom. The highest BCUT2D eigenvalue weighted by Crippen LogP contribution is 2.26.